The van der Waals surface area contributed by atoms with Crippen LogP contribution in [0.15, 0.2) is 36.4 Å². The van der Waals surface area contributed by atoms with Crippen LogP contribution in [0, 0.1) is 0 Å². The van der Waals surface area contributed by atoms with E-state index in [-0.39, 0.29) is 27.2 Å². The first-order valence-electron chi connectivity index (χ1n) is 6.91. The summed E-state index contributed by atoms with van der Waals surface area (Å²) in [5, 5.41) is 7.84. The molecule has 0 saturated carbocycles. The predicted molar refractivity (Wildman–Crippen MR) is 98.7 cm³/mol. The molecular formula is C16H12Cl3N3O3. The summed E-state index contributed by atoms with van der Waals surface area (Å²) in [6, 6.07) is 8.00. The van der Waals surface area contributed by atoms with Crippen LogP contribution >= 0.6 is 34.8 Å². The lowest BCUT2D eigenvalue weighted by molar-refractivity contribution is -0.114. The van der Waals surface area contributed by atoms with Crippen LogP contribution in [0.1, 0.15) is 17.3 Å². The van der Waals surface area contributed by atoms with Crippen molar-refractivity contribution < 1.29 is 14.4 Å². The number of nitrogens with one attached hydrogen (secondary N) is 3. The minimum Gasteiger partial charge on any atom is -0.326 e. The first-order chi connectivity index (χ1) is 11.8. The topological polar surface area (TPSA) is 87.3 Å². The van der Waals surface area contributed by atoms with E-state index in [2.05, 4.69) is 16.0 Å². The maximum Gasteiger partial charge on any atom is 0.326 e. The summed E-state index contributed by atoms with van der Waals surface area (Å²) in [6.07, 6.45) is 0. The summed E-state index contributed by atoms with van der Waals surface area (Å²) >= 11 is 17.7. The minimum atomic E-state index is -0.808. The van der Waals surface area contributed by atoms with Crippen LogP contribution in [-0.2, 0) is 4.79 Å². The molecule has 0 aromatic heterocycles. The number of carbonyl (C=O) groups excluding carboxylic acids is 3. The van der Waals surface area contributed by atoms with Gasteiger partial charge in [0.25, 0.3) is 5.91 Å². The molecule has 0 spiro atoms. The Balaban J connectivity index is 2.09. The third-order valence-corrected chi connectivity index (χ3v) is 3.82. The van der Waals surface area contributed by atoms with Crippen molar-refractivity contribution in [1.82, 2.24) is 5.32 Å². The number of imide groups is 1. The van der Waals surface area contributed by atoms with Crippen molar-refractivity contribution in [2.24, 2.45) is 0 Å². The Kier molecular flexibility index (Phi) is 6.25. The summed E-state index contributed by atoms with van der Waals surface area (Å²) in [5.74, 6) is -0.974. The molecule has 0 heterocycles. The molecule has 0 unspecified atom stereocenters. The minimum absolute atomic E-state index is 0.0966. The van der Waals surface area contributed by atoms with Crippen LogP contribution in [0.3, 0.4) is 0 Å². The number of anilines is 2. The summed E-state index contributed by atoms with van der Waals surface area (Å²) in [7, 11) is 0. The summed E-state index contributed by atoms with van der Waals surface area (Å²) in [4.78, 5) is 35.2. The summed E-state index contributed by atoms with van der Waals surface area (Å²) in [6.45, 7) is 1.35. The van der Waals surface area contributed by atoms with E-state index in [4.69, 9.17) is 34.8 Å². The zero-order valence-electron chi connectivity index (χ0n) is 12.8. The fourth-order valence-electron chi connectivity index (χ4n) is 1.90. The van der Waals surface area contributed by atoms with Gasteiger partial charge in [0.05, 0.1) is 21.3 Å². The zero-order chi connectivity index (χ0) is 18.6. The second-order valence-corrected chi connectivity index (χ2v) is 6.16. The maximum absolute atomic E-state index is 12.1. The lowest BCUT2D eigenvalue weighted by Crippen LogP contribution is -2.34. The predicted octanol–water partition coefficient (Wildman–Crippen LogP) is 4.57. The Bertz CT molecular complexity index is 856. The van der Waals surface area contributed by atoms with Crippen molar-refractivity contribution in [2.75, 3.05) is 10.6 Å². The SMILES string of the molecule is CC(=O)Nc1ccc(Cl)c(NC(=O)NC(=O)c2ccc(Cl)cc2Cl)c1. The average Bonchev–Trinajstić information content (AvgIpc) is 2.49. The van der Waals surface area contributed by atoms with E-state index < -0.39 is 11.9 Å². The third-order valence-electron chi connectivity index (χ3n) is 2.94. The Labute approximate surface area is 158 Å². The van der Waals surface area contributed by atoms with Gasteiger partial charge in [-0.1, -0.05) is 34.8 Å². The number of benzene rings is 2. The molecule has 0 saturated heterocycles. The lowest BCUT2D eigenvalue weighted by Gasteiger charge is -2.11. The maximum atomic E-state index is 12.1. The molecule has 0 bridgehead atoms. The van der Waals surface area contributed by atoms with Crippen molar-refractivity contribution >= 4 is 64.0 Å². The molecule has 0 fully saturated rings. The quantitative estimate of drug-likeness (QED) is 0.705. The molecule has 2 aromatic carbocycles. The normalized spacial score (nSPS) is 10.1. The summed E-state index contributed by atoms with van der Waals surface area (Å²) in [5.41, 5.74) is 0.763. The third kappa shape index (κ3) is 5.35. The molecule has 0 aliphatic rings. The molecular weight excluding hydrogens is 389 g/mol. The van der Waals surface area contributed by atoms with Crippen molar-refractivity contribution in [3.05, 3.63) is 57.0 Å². The molecule has 2 rings (SSSR count). The second-order valence-electron chi connectivity index (χ2n) is 4.91. The van der Waals surface area contributed by atoms with Crippen molar-refractivity contribution in [3.63, 3.8) is 0 Å². The van der Waals surface area contributed by atoms with Gasteiger partial charge in [-0.25, -0.2) is 4.79 Å². The van der Waals surface area contributed by atoms with Gasteiger partial charge < -0.3 is 10.6 Å². The van der Waals surface area contributed by atoms with Crippen LogP contribution in [0.2, 0.25) is 15.1 Å². The second kappa shape index (κ2) is 8.20. The standard InChI is InChI=1S/C16H12Cl3N3O3/c1-8(23)20-10-3-5-12(18)14(7-10)21-16(25)22-15(24)11-4-2-9(17)6-13(11)19/h2-7H,1H3,(H,20,23)(H2,21,22,24,25). The van der Waals surface area contributed by atoms with Gasteiger partial charge in [0.2, 0.25) is 5.91 Å². The van der Waals surface area contributed by atoms with E-state index >= 15 is 0 Å². The molecule has 9 heteroatoms. The molecule has 6 nitrogen and oxygen atoms in total. The van der Waals surface area contributed by atoms with Crippen LogP contribution in [0.25, 0.3) is 0 Å². The van der Waals surface area contributed by atoms with Gasteiger partial charge in [0, 0.05) is 17.6 Å². The Morgan fingerprint density at radius 1 is 0.880 bits per heavy atom. The van der Waals surface area contributed by atoms with Crippen LogP contribution in [-0.4, -0.2) is 17.8 Å². The van der Waals surface area contributed by atoms with Crippen molar-refractivity contribution in [1.29, 1.82) is 0 Å². The monoisotopic (exact) mass is 399 g/mol. The Morgan fingerprint density at radius 3 is 2.24 bits per heavy atom. The number of rotatable bonds is 3. The van der Waals surface area contributed by atoms with Gasteiger partial charge in [-0.3, -0.25) is 14.9 Å². The van der Waals surface area contributed by atoms with Crippen LogP contribution in [0.4, 0.5) is 16.2 Å². The molecule has 3 N–H and O–H groups in total. The zero-order valence-corrected chi connectivity index (χ0v) is 15.1. The summed E-state index contributed by atoms with van der Waals surface area (Å²) < 4.78 is 0. The Morgan fingerprint density at radius 2 is 1.60 bits per heavy atom. The van der Waals surface area contributed by atoms with Gasteiger partial charge in [-0.2, -0.15) is 0 Å². The first-order valence-corrected chi connectivity index (χ1v) is 8.04. The molecule has 130 valence electrons. The van der Waals surface area contributed by atoms with Crippen LogP contribution < -0.4 is 16.0 Å². The molecule has 25 heavy (non-hydrogen) atoms. The highest BCUT2D eigenvalue weighted by Crippen LogP contribution is 2.25. The number of hydrogen-bond donors (Lipinski definition) is 3. The highest BCUT2D eigenvalue weighted by Gasteiger charge is 2.15. The fraction of sp³-hybridized carbons (Fsp3) is 0.0625. The van der Waals surface area contributed by atoms with Gasteiger partial charge in [-0.15, -0.1) is 0 Å². The first kappa shape index (κ1) is 19.1. The van der Waals surface area contributed by atoms with E-state index in [0.717, 1.165) is 0 Å². The number of halogens is 3. The number of urea groups is 1. The van der Waals surface area contributed by atoms with E-state index in [1.807, 2.05) is 0 Å². The van der Waals surface area contributed by atoms with Gasteiger partial charge in [0.15, 0.2) is 0 Å². The fourth-order valence-corrected chi connectivity index (χ4v) is 2.56. The number of carbonyl (C=O) groups is 3. The molecule has 0 aliphatic carbocycles. The van der Waals surface area contributed by atoms with Crippen molar-refractivity contribution in [3.8, 4) is 0 Å². The van der Waals surface area contributed by atoms with Gasteiger partial charge >= 0.3 is 6.03 Å². The molecule has 4 amide bonds. The molecule has 0 atom stereocenters. The molecule has 2 aromatic rings. The molecule has 0 radical (unpaired) electrons. The number of amides is 4. The van der Waals surface area contributed by atoms with E-state index in [1.54, 1.807) is 6.07 Å². The highest BCUT2D eigenvalue weighted by molar-refractivity contribution is 6.37. The smallest absolute Gasteiger partial charge is 0.326 e. The van der Waals surface area contributed by atoms with Gasteiger partial charge in [0.1, 0.15) is 0 Å². The lowest BCUT2D eigenvalue weighted by atomic mass is 10.2. The van der Waals surface area contributed by atoms with E-state index in [0.29, 0.717) is 10.7 Å². The largest absolute Gasteiger partial charge is 0.326 e. The average molecular weight is 401 g/mol. The highest BCUT2D eigenvalue weighted by atomic mass is 35.5. The van der Waals surface area contributed by atoms with Crippen LogP contribution in [0.5, 0.6) is 0 Å². The molecule has 0 aliphatic heterocycles. The van der Waals surface area contributed by atoms with E-state index in [9.17, 15) is 14.4 Å². The van der Waals surface area contributed by atoms with Gasteiger partial charge in [-0.05, 0) is 36.4 Å². The number of hydrogen-bond acceptors (Lipinski definition) is 3. The van der Waals surface area contributed by atoms with E-state index in [1.165, 1.54) is 37.3 Å². The van der Waals surface area contributed by atoms with Crippen molar-refractivity contribution in [2.45, 2.75) is 6.92 Å². The Hall–Kier alpha value is -2.28.